The first-order chi connectivity index (χ1) is 9.16. The van der Waals surface area contributed by atoms with Crippen LogP contribution in [0.2, 0.25) is 0 Å². The Balaban J connectivity index is 2.01. The lowest BCUT2D eigenvalue weighted by Crippen LogP contribution is -2.74. The van der Waals surface area contributed by atoms with Crippen LogP contribution in [0.3, 0.4) is 0 Å². The molecule has 4 aliphatic carbocycles. The Morgan fingerprint density at radius 3 is 2.10 bits per heavy atom. The van der Waals surface area contributed by atoms with Crippen LogP contribution < -0.4 is 0 Å². The van der Waals surface area contributed by atoms with Crippen molar-refractivity contribution < 1.29 is 27.8 Å². The molecule has 0 aromatic rings. The van der Waals surface area contributed by atoms with Crippen LogP contribution in [0.1, 0.15) is 44.9 Å². The van der Waals surface area contributed by atoms with Crippen LogP contribution in [-0.4, -0.2) is 27.7 Å². The van der Waals surface area contributed by atoms with E-state index in [1.165, 1.54) is 6.08 Å². The molecule has 0 saturated heterocycles. The van der Waals surface area contributed by atoms with Gasteiger partial charge < -0.3 is 10.2 Å². The fourth-order valence-electron chi connectivity index (χ4n) is 4.33. The zero-order chi connectivity index (χ0) is 14.8. The zero-order valence-corrected chi connectivity index (χ0v) is 11.0. The maximum atomic E-state index is 14.5. The van der Waals surface area contributed by atoms with Gasteiger partial charge in [0, 0.05) is 11.8 Å². The first-order valence-corrected chi connectivity index (χ1v) is 7.02. The van der Waals surface area contributed by atoms with Gasteiger partial charge in [-0.2, -0.15) is 17.6 Å². The summed E-state index contributed by atoms with van der Waals surface area (Å²) in [6, 6.07) is 0. The van der Waals surface area contributed by atoms with Crippen LogP contribution in [-0.2, 0) is 0 Å². The summed E-state index contributed by atoms with van der Waals surface area (Å²) < 4.78 is 57.1. The van der Waals surface area contributed by atoms with E-state index in [1.54, 1.807) is 0 Å². The predicted octanol–water partition coefficient (Wildman–Crippen LogP) is 3.80. The van der Waals surface area contributed by atoms with Crippen molar-refractivity contribution >= 4 is 0 Å². The van der Waals surface area contributed by atoms with Crippen LogP contribution in [0.5, 0.6) is 0 Å². The van der Waals surface area contributed by atoms with Gasteiger partial charge in [-0.05, 0) is 50.5 Å². The van der Waals surface area contributed by atoms with E-state index in [-0.39, 0.29) is 44.3 Å². The molecule has 20 heavy (non-hydrogen) atoms. The quantitative estimate of drug-likeness (QED) is 0.722. The molecule has 3 fully saturated rings. The minimum atomic E-state index is -4.38. The summed E-state index contributed by atoms with van der Waals surface area (Å²) in [5.74, 6) is -8.99. The molecular weight excluding hydrogens is 276 g/mol. The van der Waals surface area contributed by atoms with Crippen LogP contribution in [0.4, 0.5) is 17.6 Å². The third-order valence-corrected chi connectivity index (χ3v) is 5.74. The number of fused-ring (bicyclic) bond motifs is 3. The molecule has 0 spiro atoms. The summed E-state index contributed by atoms with van der Waals surface area (Å²) in [5, 5.41) is 19.2. The van der Waals surface area contributed by atoms with Crippen molar-refractivity contribution in [2.75, 3.05) is 0 Å². The van der Waals surface area contributed by atoms with Crippen molar-refractivity contribution in [1.82, 2.24) is 0 Å². The van der Waals surface area contributed by atoms with E-state index in [0.717, 1.165) is 0 Å². The second-order valence-corrected chi connectivity index (χ2v) is 6.50. The van der Waals surface area contributed by atoms with Gasteiger partial charge in [0.05, 0.1) is 5.76 Å². The van der Waals surface area contributed by atoms with Gasteiger partial charge in [-0.15, -0.1) is 0 Å². The number of hydrogen-bond acceptors (Lipinski definition) is 2. The fraction of sp³-hybridized carbons (Fsp3) is 0.857. The number of alkyl halides is 4. The van der Waals surface area contributed by atoms with E-state index in [0.29, 0.717) is 6.42 Å². The molecule has 4 aliphatic rings. The van der Waals surface area contributed by atoms with E-state index in [1.807, 2.05) is 0 Å². The average Bonchev–Trinajstić information content (AvgIpc) is 2.39. The van der Waals surface area contributed by atoms with E-state index < -0.39 is 28.8 Å². The third kappa shape index (κ3) is 1.43. The molecule has 2 N–H and O–H groups in total. The van der Waals surface area contributed by atoms with E-state index in [4.69, 9.17) is 0 Å². The summed E-state index contributed by atoms with van der Waals surface area (Å²) in [6.45, 7) is 0. The smallest absolute Gasteiger partial charge is 0.338 e. The second-order valence-electron chi connectivity index (χ2n) is 6.50. The van der Waals surface area contributed by atoms with Gasteiger partial charge in [0.15, 0.2) is 0 Å². The Labute approximate surface area is 114 Å². The highest BCUT2D eigenvalue weighted by Gasteiger charge is 2.82. The summed E-state index contributed by atoms with van der Waals surface area (Å²) in [5.41, 5.74) is -4.32. The van der Waals surface area contributed by atoms with Crippen LogP contribution in [0.15, 0.2) is 11.8 Å². The lowest BCUT2D eigenvalue weighted by atomic mass is 9.49. The normalized spacial score (nSPS) is 46.0. The Hall–Kier alpha value is -0.780. The number of hydrogen-bond donors (Lipinski definition) is 2. The first-order valence-electron chi connectivity index (χ1n) is 7.02. The lowest BCUT2D eigenvalue weighted by molar-refractivity contribution is -0.391. The Morgan fingerprint density at radius 2 is 1.60 bits per heavy atom. The molecule has 1 atom stereocenters. The van der Waals surface area contributed by atoms with Crippen molar-refractivity contribution in [3.05, 3.63) is 11.8 Å². The van der Waals surface area contributed by atoms with Crippen molar-refractivity contribution in [3.8, 4) is 0 Å². The van der Waals surface area contributed by atoms with Gasteiger partial charge in [-0.3, -0.25) is 0 Å². The van der Waals surface area contributed by atoms with Crippen molar-refractivity contribution in [1.29, 1.82) is 0 Å². The molecule has 114 valence electrons. The molecule has 0 aromatic carbocycles. The fourth-order valence-corrected chi connectivity index (χ4v) is 4.33. The summed E-state index contributed by atoms with van der Waals surface area (Å²) >= 11 is 0. The molecule has 6 heteroatoms. The second kappa shape index (κ2) is 3.90. The Bertz CT molecular complexity index is 450. The van der Waals surface area contributed by atoms with E-state index in [9.17, 15) is 27.8 Å². The molecule has 1 unspecified atom stereocenters. The lowest BCUT2D eigenvalue weighted by Gasteiger charge is -2.61. The van der Waals surface area contributed by atoms with E-state index in [2.05, 4.69) is 0 Å². The molecule has 0 aliphatic heterocycles. The monoisotopic (exact) mass is 294 g/mol. The number of halogens is 4. The van der Waals surface area contributed by atoms with Crippen LogP contribution in [0, 0.1) is 11.3 Å². The van der Waals surface area contributed by atoms with Crippen molar-refractivity contribution in [3.63, 3.8) is 0 Å². The molecule has 0 amide bonds. The van der Waals surface area contributed by atoms with Gasteiger partial charge in [-0.25, -0.2) is 0 Å². The maximum absolute atomic E-state index is 14.5. The topological polar surface area (TPSA) is 40.5 Å². The molecule has 0 aromatic heterocycles. The minimum absolute atomic E-state index is 0.0780. The van der Waals surface area contributed by atoms with Crippen LogP contribution >= 0.6 is 0 Å². The number of aliphatic hydroxyl groups is 2. The molecule has 4 rings (SSSR count). The SMILES string of the molecule is OC1=CCC(C23CCC(O)(CC2)C(F)(F)C3(F)F)CC1. The van der Waals surface area contributed by atoms with Crippen molar-refractivity contribution in [2.24, 2.45) is 11.3 Å². The van der Waals surface area contributed by atoms with Crippen LogP contribution in [0.25, 0.3) is 0 Å². The number of aliphatic hydroxyl groups excluding tert-OH is 1. The highest BCUT2D eigenvalue weighted by molar-refractivity contribution is 5.21. The summed E-state index contributed by atoms with van der Waals surface area (Å²) in [6.07, 6.45) is 1.52. The molecule has 0 radical (unpaired) electrons. The molecule has 0 heterocycles. The maximum Gasteiger partial charge on any atom is 0.338 e. The van der Waals surface area contributed by atoms with Crippen molar-refractivity contribution in [2.45, 2.75) is 62.4 Å². The Morgan fingerprint density at radius 1 is 1.00 bits per heavy atom. The number of rotatable bonds is 1. The molecule has 2 bridgehead atoms. The van der Waals surface area contributed by atoms with Gasteiger partial charge in [0.1, 0.15) is 5.60 Å². The molecule has 2 nitrogen and oxygen atoms in total. The van der Waals surface area contributed by atoms with E-state index >= 15 is 0 Å². The first kappa shape index (κ1) is 14.2. The highest BCUT2D eigenvalue weighted by Crippen LogP contribution is 2.70. The summed E-state index contributed by atoms with van der Waals surface area (Å²) in [4.78, 5) is 0. The van der Waals surface area contributed by atoms with Gasteiger partial charge >= 0.3 is 11.8 Å². The minimum Gasteiger partial charge on any atom is -0.513 e. The zero-order valence-electron chi connectivity index (χ0n) is 11.0. The predicted molar refractivity (Wildman–Crippen MR) is 63.8 cm³/mol. The standard InChI is InChI=1S/C14H18F4O2/c15-13(16)11(9-1-3-10(19)4-2-9)5-7-12(20,8-6-11)14(13,17)18/h3,9,19-20H,1-2,4-8H2. The van der Waals surface area contributed by atoms with Gasteiger partial charge in [-0.1, -0.05) is 0 Å². The highest BCUT2D eigenvalue weighted by atomic mass is 19.3. The third-order valence-electron chi connectivity index (χ3n) is 5.74. The molecule has 3 saturated carbocycles. The molecular formula is C14H18F4O2. The Kier molecular flexibility index (Phi) is 2.76. The van der Waals surface area contributed by atoms with Gasteiger partial charge in [0.2, 0.25) is 0 Å². The largest absolute Gasteiger partial charge is 0.513 e. The summed E-state index contributed by atoms with van der Waals surface area (Å²) in [7, 11) is 0. The van der Waals surface area contributed by atoms with Gasteiger partial charge in [0.25, 0.3) is 0 Å². The average molecular weight is 294 g/mol. The number of allylic oxidation sites excluding steroid dienone is 2.